The molecule has 0 spiro atoms. The molecule has 1 aliphatic carbocycles. The van der Waals surface area contributed by atoms with E-state index in [0.29, 0.717) is 49.5 Å². The van der Waals surface area contributed by atoms with Crippen molar-refractivity contribution in [1.82, 2.24) is 14.7 Å². The fraction of sp³-hybridized carbons (Fsp3) is 0.333. The molecule has 3 aromatic rings. The number of hydrogen-bond acceptors (Lipinski definition) is 5. The molecule has 0 N–H and O–H groups in total. The quantitative estimate of drug-likeness (QED) is 0.452. The Morgan fingerprint density at radius 3 is 2.68 bits per heavy atom. The Kier molecular flexibility index (Phi) is 6.70. The van der Waals surface area contributed by atoms with Crippen LogP contribution in [0.5, 0.6) is 5.75 Å². The topological polar surface area (TPSA) is 81.5 Å². The van der Waals surface area contributed by atoms with Gasteiger partial charge in [-0.25, -0.2) is 21.9 Å². The second-order valence-corrected chi connectivity index (χ2v) is 10.3. The van der Waals surface area contributed by atoms with Gasteiger partial charge in [-0.15, -0.1) is 0 Å². The highest BCUT2D eigenvalue weighted by molar-refractivity contribution is 7.90. The summed E-state index contributed by atoms with van der Waals surface area (Å²) in [5, 5.41) is 4.45. The number of rotatable bonds is 8. The summed E-state index contributed by atoms with van der Waals surface area (Å²) in [5.74, 6) is -1.71. The summed E-state index contributed by atoms with van der Waals surface area (Å²) in [6.07, 6.45) is 3.93. The van der Waals surface area contributed by atoms with Crippen molar-refractivity contribution in [2.24, 2.45) is 0 Å². The van der Waals surface area contributed by atoms with Crippen molar-refractivity contribution in [2.45, 2.75) is 30.6 Å². The minimum Gasteiger partial charge on any atom is -0.493 e. The molecule has 1 amide bonds. The van der Waals surface area contributed by atoms with Gasteiger partial charge in [0.2, 0.25) is 0 Å². The van der Waals surface area contributed by atoms with Gasteiger partial charge in [0.05, 0.1) is 17.2 Å². The molecule has 2 aromatic carbocycles. The van der Waals surface area contributed by atoms with E-state index in [-0.39, 0.29) is 10.8 Å². The summed E-state index contributed by atoms with van der Waals surface area (Å²) in [4.78, 5) is 14.8. The number of aromatic nitrogens is 2. The molecule has 0 unspecified atom stereocenters. The van der Waals surface area contributed by atoms with Gasteiger partial charge in [0, 0.05) is 37.2 Å². The Morgan fingerprint density at radius 2 is 1.94 bits per heavy atom. The first kappa shape index (κ1) is 23.9. The molecular weight excluding hydrogens is 464 g/mol. The van der Waals surface area contributed by atoms with Crippen LogP contribution < -0.4 is 4.74 Å². The third kappa shape index (κ3) is 4.96. The van der Waals surface area contributed by atoms with Crippen molar-refractivity contribution >= 4 is 15.7 Å². The van der Waals surface area contributed by atoms with Crippen LogP contribution in [0.1, 0.15) is 34.6 Å². The van der Waals surface area contributed by atoms with Crippen LogP contribution in [-0.4, -0.2) is 55.5 Å². The average Bonchev–Trinajstić information content (AvgIpc) is 3.41. The highest BCUT2D eigenvalue weighted by Crippen LogP contribution is 2.29. The lowest BCUT2D eigenvalue weighted by molar-refractivity contribution is 0.0780. The summed E-state index contributed by atoms with van der Waals surface area (Å²) in [7, 11) is -1.65. The van der Waals surface area contributed by atoms with Crippen LogP contribution in [0.25, 0.3) is 5.69 Å². The fourth-order valence-corrected chi connectivity index (χ4v) is 4.66. The Bertz CT molecular complexity index is 1340. The fourth-order valence-electron chi connectivity index (χ4n) is 4.01. The molecule has 0 bridgehead atoms. The van der Waals surface area contributed by atoms with Crippen LogP contribution in [0.15, 0.2) is 47.4 Å². The van der Waals surface area contributed by atoms with E-state index in [4.69, 9.17) is 4.74 Å². The number of hydrogen-bond donors (Lipinski definition) is 0. The van der Waals surface area contributed by atoms with Crippen molar-refractivity contribution in [2.75, 3.05) is 26.5 Å². The van der Waals surface area contributed by atoms with E-state index in [9.17, 15) is 22.0 Å². The smallest absolute Gasteiger partial charge is 0.274 e. The van der Waals surface area contributed by atoms with Crippen molar-refractivity contribution in [3.63, 3.8) is 0 Å². The molecule has 0 fully saturated rings. The van der Waals surface area contributed by atoms with Gasteiger partial charge in [-0.3, -0.25) is 4.79 Å². The van der Waals surface area contributed by atoms with Crippen molar-refractivity contribution < 1.29 is 26.7 Å². The number of benzene rings is 2. The Hall–Kier alpha value is -3.27. The summed E-state index contributed by atoms with van der Waals surface area (Å²) < 4.78 is 57.6. The molecule has 0 saturated heterocycles. The Morgan fingerprint density at radius 1 is 1.15 bits per heavy atom. The van der Waals surface area contributed by atoms with Gasteiger partial charge < -0.3 is 9.64 Å². The van der Waals surface area contributed by atoms with E-state index in [1.165, 1.54) is 22.9 Å². The number of fused-ring (bicyclic) bond motifs is 1. The first-order valence-corrected chi connectivity index (χ1v) is 12.8. The molecule has 4 rings (SSSR count). The highest BCUT2D eigenvalue weighted by Gasteiger charge is 2.28. The van der Waals surface area contributed by atoms with Crippen LogP contribution >= 0.6 is 0 Å². The number of amides is 1. The van der Waals surface area contributed by atoms with Crippen LogP contribution in [0.3, 0.4) is 0 Å². The van der Waals surface area contributed by atoms with Gasteiger partial charge in [-0.1, -0.05) is 6.07 Å². The normalized spacial score (nSPS) is 13.1. The van der Waals surface area contributed by atoms with E-state index in [2.05, 4.69) is 5.10 Å². The zero-order chi connectivity index (χ0) is 24.5. The first-order chi connectivity index (χ1) is 16.1. The highest BCUT2D eigenvalue weighted by atomic mass is 32.2. The van der Waals surface area contributed by atoms with E-state index < -0.39 is 21.5 Å². The van der Waals surface area contributed by atoms with Gasteiger partial charge in [0.25, 0.3) is 5.91 Å². The van der Waals surface area contributed by atoms with Crippen LogP contribution in [0.2, 0.25) is 0 Å². The second-order valence-electron chi connectivity index (χ2n) is 8.31. The number of carbonyl (C=O) groups excluding carboxylic acids is 1. The standard InChI is InChI=1S/C24H25F2N3O4S/c1-28(12-5-13-33-17-6-3-7-18(15-17)34(2,31)32)24(30)23-19-8-4-9-22(19)29(27-23)16-10-11-20(25)21(26)14-16/h3,6-7,10-11,14-15H,4-5,8-9,12-13H2,1-2H3. The van der Waals surface area contributed by atoms with E-state index in [1.54, 1.807) is 24.1 Å². The molecule has 0 radical (unpaired) electrons. The number of halogens is 2. The molecule has 0 atom stereocenters. The third-order valence-electron chi connectivity index (χ3n) is 5.77. The summed E-state index contributed by atoms with van der Waals surface area (Å²) in [5.41, 5.74) is 2.39. The first-order valence-electron chi connectivity index (χ1n) is 10.9. The number of nitrogens with zero attached hydrogens (tertiary/aromatic N) is 3. The van der Waals surface area contributed by atoms with Crippen molar-refractivity contribution in [1.29, 1.82) is 0 Å². The van der Waals surface area contributed by atoms with E-state index in [0.717, 1.165) is 36.1 Å². The SMILES string of the molecule is CN(CCCOc1cccc(S(C)(=O)=O)c1)C(=O)c1nn(-c2ccc(F)c(F)c2)c2c1CCC2. The maximum absolute atomic E-state index is 13.8. The molecule has 180 valence electrons. The Balaban J connectivity index is 1.41. The zero-order valence-electron chi connectivity index (χ0n) is 18.9. The lowest BCUT2D eigenvalue weighted by atomic mass is 10.2. The van der Waals surface area contributed by atoms with Gasteiger partial charge in [-0.05, 0) is 56.0 Å². The maximum Gasteiger partial charge on any atom is 0.274 e. The number of ether oxygens (including phenoxy) is 1. The van der Waals surface area contributed by atoms with Gasteiger partial charge in [0.1, 0.15) is 5.75 Å². The molecule has 1 aromatic heterocycles. The summed E-state index contributed by atoms with van der Waals surface area (Å²) >= 11 is 0. The van der Waals surface area contributed by atoms with Crippen LogP contribution in [0, 0.1) is 11.6 Å². The lowest BCUT2D eigenvalue weighted by Gasteiger charge is -2.17. The average molecular weight is 490 g/mol. The number of carbonyl (C=O) groups is 1. The van der Waals surface area contributed by atoms with Gasteiger partial charge in [0.15, 0.2) is 27.2 Å². The zero-order valence-corrected chi connectivity index (χ0v) is 19.7. The van der Waals surface area contributed by atoms with E-state index in [1.807, 2.05) is 0 Å². The van der Waals surface area contributed by atoms with E-state index >= 15 is 0 Å². The number of sulfone groups is 1. The minimum absolute atomic E-state index is 0.183. The molecule has 1 heterocycles. The molecule has 10 heteroatoms. The molecule has 0 aliphatic heterocycles. The summed E-state index contributed by atoms with van der Waals surface area (Å²) in [6.45, 7) is 0.698. The minimum atomic E-state index is -3.32. The molecule has 34 heavy (non-hydrogen) atoms. The summed E-state index contributed by atoms with van der Waals surface area (Å²) in [6, 6.07) is 9.84. The van der Waals surface area contributed by atoms with Crippen molar-refractivity contribution in [3.8, 4) is 11.4 Å². The molecule has 7 nitrogen and oxygen atoms in total. The molecule has 0 saturated carbocycles. The predicted octanol–water partition coefficient (Wildman–Crippen LogP) is 3.58. The Labute approximate surface area is 196 Å². The van der Waals surface area contributed by atoms with Gasteiger partial charge >= 0.3 is 0 Å². The van der Waals surface area contributed by atoms with Crippen molar-refractivity contribution in [3.05, 3.63) is 71.1 Å². The van der Waals surface area contributed by atoms with Crippen LogP contribution in [-0.2, 0) is 22.7 Å². The van der Waals surface area contributed by atoms with Gasteiger partial charge in [-0.2, -0.15) is 5.10 Å². The molecular formula is C24H25F2N3O4S. The predicted molar refractivity (Wildman–Crippen MR) is 122 cm³/mol. The second kappa shape index (κ2) is 9.54. The van der Waals surface area contributed by atoms with Crippen LogP contribution in [0.4, 0.5) is 8.78 Å². The largest absolute Gasteiger partial charge is 0.493 e. The molecule has 1 aliphatic rings. The lowest BCUT2D eigenvalue weighted by Crippen LogP contribution is -2.29. The maximum atomic E-state index is 13.8. The third-order valence-corrected chi connectivity index (χ3v) is 6.88. The monoisotopic (exact) mass is 489 g/mol.